The molecule has 0 radical (unpaired) electrons. The minimum absolute atomic E-state index is 0.0389. The number of imidazole rings is 1. The summed E-state index contributed by atoms with van der Waals surface area (Å²) in [6.45, 7) is 16.6. The molecule has 0 saturated carbocycles. The topological polar surface area (TPSA) is 388 Å². The van der Waals surface area contributed by atoms with E-state index in [-0.39, 0.29) is 68.6 Å². The van der Waals surface area contributed by atoms with Gasteiger partial charge in [-0.15, -0.1) is 0 Å². The molecule has 1 rings (SSSR count). The average Bonchev–Trinajstić information content (AvgIpc) is 3.79. The van der Waals surface area contributed by atoms with Crippen molar-refractivity contribution in [1.82, 2.24) is 52.5 Å². The molecule has 1 aromatic rings. The van der Waals surface area contributed by atoms with Crippen LogP contribution in [0.15, 0.2) is 12.5 Å². The van der Waals surface area contributed by atoms with Crippen molar-refractivity contribution in [2.24, 2.45) is 41.1 Å². The fourth-order valence-electron chi connectivity index (χ4n) is 7.11. The number of carbonyl (C=O) groups excluding carboxylic acids is 9. The van der Waals surface area contributed by atoms with Gasteiger partial charge < -0.3 is 69.2 Å². The number of carboxylic acid groups (broad SMARTS) is 1. The highest BCUT2D eigenvalue weighted by Crippen LogP contribution is 2.14. The van der Waals surface area contributed by atoms with E-state index >= 15 is 0 Å². The van der Waals surface area contributed by atoms with Crippen molar-refractivity contribution < 1.29 is 58.2 Å². The van der Waals surface area contributed by atoms with Crippen molar-refractivity contribution in [2.45, 2.75) is 169 Å². The van der Waals surface area contributed by atoms with Crippen LogP contribution in [-0.4, -0.2) is 141 Å². The Labute approximate surface area is 410 Å². The first-order chi connectivity index (χ1) is 32.7. The molecule has 0 unspecified atom stereocenters. The van der Waals surface area contributed by atoms with Gasteiger partial charge in [0.2, 0.25) is 53.2 Å². The maximum absolute atomic E-state index is 14.3. The van der Waals surface area contributed by atoms with Crippen LogP contribution in [0.2, 0.25) is 0 Å². The van der Waals surface area contributed by atoms with Gasteiger partial charge in [0.1, 0.15) is 48.3 Å². The van der Waals surface area contributed by atoms with Crippen molar-refractivity contribution in [1.29, 1.82) is 0 Å². The summed E-state index contributed by atoms with van der Waals surface area (Å²) in [5.41, 5.74) is 11.5. The zero-order valence-electron chi connectivity index (χ0n) is 42.3. The highest BCUT2D eigenvalue weighted by Gasteiger charge is 2.36. The number of primary amides is 1. The first-order valence-electron chi connectivity index (χ1n) is 23.9. The molecule has 15 N–H and O–H groups in total. The second kappa shape index (κ2) is 31.1. The Bertz CT molecular complexity index is 1890. The largest absolute Gasteiger partial charge is 0.480 e. The third kappa shape index (κ3) is 23.4. The Kier molecular flexibility index (Phi) is 27.5. The predicted octanol–water partition coefficient (Wildman–Crippen LogP) is -1.64. The second-order valence-electron chi connectivity index (χ2n) is 19.4. The van der Waals surface area contributed by atoms with Crippen molar-refractivity contribution in [3.8, 4) is 0 Å². The van der Waals surface area contributed by atoms with Crippen LogP contribution in [0.1, 0.15) is 120 Å². The molecule has 24 nitrogen and oxygen atoms in total. The molecule has 70 heavy (non-hydrogen) atoms. The van der Waals surface area contributed by atoms with E-state index < -0.39 is 127 Å². The Morgan fingerprint density at radius 3 is 1.46 bits per heavy atom. The fraction of sp³-hybridized carbons (Fsp3) is 0.717. The fourth-order valence-corrected chi connectivity index (χ4v) is 7.11. The molecular formula is C46H80N12O12. The Balaban J connectivity index is 3.47. The number of hydrogen-bond donors (Lipinski definition) is 13. The van der Waals surface area contributed by atoms with Gasteiger partial charge in [0, 0.05) is 24.7 Å². The third-order valence-electron chi connectivity index (χ3n) is 11.0. The van der Waals surface area contributed by atoms with Crippen LogP contribution in [0.4, 0.5) is 0 Å². The number of aliphatic carboxylic acids is 1. The number of H-pyrrole nitrogens is 1. The Hall–Kier alpha value is -6.17. The minimum atomic E-state index is -1.49. The van der Waals surface area contributed by atoms with E-state index in [1.165, 1.54) is 12.5 Å². The first kappa shape index (κ1) is 61.8. The normalized spacial score (nSPS) is 15.3. The van der Waals surface area contributed by atoms with Crippen molar-refractivity contribution in [3.63, 3.8) is 0 Å². The maximum Gasteiger partial charge on any atom is 0.326 e. The van der Waals surface area contributed by atoms with Crippen LogP contribution in [-0.2, 0) is 54.4 Å². The van der Waals surface area contributed by atoms with E-state index in [1.54, 1.807) is 55.4 Å². The molecule has 1 heterocycles. The predicted molar refractivity (Wildman–Crippen MR) is 257 cm³/mol. The number of hydrogen-bond acceptors (Lipinski definition) is 13. The number of aromatic nitrogens is 2. The number of amides is 9. The number of aliphatic hydroxyl groups excluding tert-OH is 1. The van der Waals surface area contributed by atoms with Crippen molar-refractivity contribution in [3.05, 3.63) is 18.2 Å². The molecule has 9 amide bonds. The molecule has 396 valence electrons. The summed E-state index contributed by atoms with van der Waals surface area (Å²) in [5, 5.41) is 39.5. The molecule has 0 spiro atoms. The monoisotopic (exact) mass is 993 g/mol. The molecule has 0 aliphatic heterocycles. The van der Waals surface area contributed by atoms with E-state index in [1.807, 2.05) is 13.8 Å². The number of aliphatic hydroxyl groups is 1. The van der Waals surface area contributed by atoms with Gasteiger partial charge in [-0.3, -0.25) is 43.2 Å². The van der Waals surface area contributed by atoms with E-state index in [2.05, 4.69) is 52.5 Å². The molecule has 0 fully saturated rings. The molecule has 0 aliphatic carbocycles. The highest BCUT2D eigenvalue weighted by atomic mass is 16.4. The summed E-state index contributed by atoms with van der Waals surface area (Å²) < 4.78 is 0. The van der Waals surface area contributed by atoms with Crippen LogP contribution < -0.4 is 54.0 Å². The van der Waals surface area contributed by atoms with Crippen molar-refractivity contribution in [2.75, 3.05) is 13.2 Å². The van der Waals surface area contributed by atoms with E-state index in [4.69, 9.17) is 11.5 Å². The smallest absolute Gasteiger partial charge is 0.326 e. The van der Waals surface area contributed by atoms with Crippen LogP contribution in [0, 0.1) is 29.6 Å². The van der Waals surface area contributed by atoms with E-state index in [0.29, 0.717) is 12.1 Å². The number of carbonyl (C=O) groups is 10. The zero-order chi connectivity index (χ0) is 53.4. The number of aromatic amines is 1. The summed E-state index contributed by atoms with van der Waals surface area (Å²) in [4.78, 5) is 139. The van der Waals surface area contributed by atoms with Crippen LogP contribution in [0.3, 0.4) is 0 Å². The molecule has 24 heteroatoms. The van der Waals surface area contributed by atoms with Gasteiger partial charge in [-0.05, 0) is 61.7 Å². The van der Waals surface area contributed by atoms with Crippen molar-refractivity contribution >= 4 is 59.1 Å². The van der Waals surface area contributed by atoms with E-state index in [0.717, 1.165) is 0 Å². The first-order valence-corrected chi connectivity index (χ1v) is 23.9. The van der Waals surface area contributed by atoms with Gasteiger partial charge in [0.05, 0.1) is 19.5 Å². The number of rotatable bonds is 33. The highest BCUT2D eigenvalue weighted by molar-refractivity contribution is 5.98. The van der Waals surface area contributed by atoms with Gasteiger partial charge in [0.25, 0.3) is 0 Å². The maximum atomic E-state index is 14.3. The van der Waals surface area contributed by atoms with E-state index in [9.17, 15) is 58.2 Å². The molecule has 1 aromatic heterocycles. The zero-order valence-corrected chi connectivity index (χ0v) is 42.3. The lowest BCUT2D eigenvalue weighted by Gasteiger charge is -2.29. The molecule has 0 bridgehead atoms. The molecule has 0 saturated heterocycles. The average molecular weight is 993 g/mol. The summed E-state index contributed by atoms with van der Waals surface area (Å²) in [6.07, 6.45) is 2.73. The standard InChI is InChI=1S/C46H80N12O12/c1-11-27(10)38(45(68)50-20-37(61)52-35(46(69)70)17-26(8)9)58-44(67)33(16-25(6)7)56-43(66)34(18-28-19-49-22-51-28)57-40(63)30(12-13-36(48)60)53-41(64)32(15-24(4)5)55-42(65)31(14-23(2)3)54-39(62)29(47)21-59/h19,22-27,29-35,38,59H,11-18,20-21,47H2,1-10H3,(H2,48,60)(H,49,51)(H,50,68)(H,52,61)(H,53,64)(H,54,62)(H,55,65)(H,56,66)(H,57,63)(H,58,67)(H,69,70)/t27-,29-,30-,31-,32-,33-,34-,35-,38-/m0/s1. The van der Waals surface area contributed by atoms with Crippen LogP contribution in [0.25, 0.3) is 0 Å². The van der Waals surface area contributed by atoms with Gasteiger partial charge in [-0.2, -0.15) is 0 Å². The lowest BCUT2D eigenvalue weighted by atomic mass is 9.96. The molecule has 0 aromatic carbocycles. The van der Waals surface area contributed by atoms with Gasteiger partial charge in [-0.25, -0.2) is 9.78 Å². The summed E-state index contributed by atoms with van der Waals surface area (Å²) in [5.74, 6) is -9.33. The minimum Gasteiger partial charge on any atom is -0.480 e. The van der Waals surface area contributed by atoms with Crippen LogP contribution in [0.5, 0.6) is 0 Å². The van der Waals surface area contributed by atoms with Gasteiger partial charge >= 0.3 is 5.97 Å². The lowest BCUT2D eigenvalue weighted by molar-refractivity contribution is -0.142. The number of nitrogens with zero attached hydrogens (tertiary/aromatic N) is 1. The summed E-state index contributed by atoms with van der Waals surface area (Å²) in [6, 6.07) is -10.3. The molecular weight excluding hydrogens is 913 g/mol. The van der Waals surface area contributed by atoms with Crippen LogP contribution >= 0.6 is 0 Å². The number of carboxylic acids is 1. The second-order valence-corrected chi connectivity index (χ2v) is 19.4. The Morgan fingerprint density at radius 1 is 0.600 bits per heavy atom. The molecule has 0 aliphatic rings. The number of nitrogens with one attached hydrogen (secondary N) is 9. The summed E-state index contributed by atoms with van der Waals surface area (Å²) >= 11 is 0. The SMILES string of the molecule is CC[C@H](C)[C@H](NC(=O)[C@H](CC(C)C)NC(=O)[C@H](Cc1cnc[nH]1)NC(=O)[C@H](CCC(N)=O)NC(=O)[C@H](CC(C)C)NC(=O)[C@H](CC(C)C)NC(=O)[C@@H](N)CO)C(=O)NCC(=O)N[C@@H](CC(C)C)C(=O)O. The number of nitrogens with two attached hydrogens (primary N) is 2. The van der Waals surface area contributed by atoms with Gasteiger partial charge in [0.15, 0.2) is 0 Å². The third-order valence-corrected chi connectivity index (χ3v) is 11.0. The lowest BCUT2D eigenvalue weighted by Crippen LogP contribution is -2.61. The molecule has 9 atom stereocenters. The summed E-state index contributed by atoms with van der Waals surface area (Å²) in [7, 11) is 0. The quantitative estimate of drug-likeness (QED) is 0.0376. The van der Waals surface area contributed by atoms with Gasteiger partial charge in [-0.1, -0.05) is 75.7 Å². The Morgan fingerprint density at radius 2 is 1.03 bits per heavy atom.